The fourth-order valence-electron chi connectivity index (χ4n) is 4.67. The maximum Gasteiger partial charge on any atom is 0.319 e. The third kappa shape index (κ3) is 9.81. The first kappa shape index (κ1) is 36.0. The van der Waals surface area contributed by atoms with Crippen LogP contribution in [-0.2, 0) is 19.2 Å². The van der Waals surface area contributed by atoms with E-state index in [1.807, 2.05) is 6.07 Å². The Kier molecular flexibility index (Phi) is 12.3. The van der Waals surface area contributed by atoms with Gasteiger partial charge < -0.3 is 30.3 Å². The summed E-state index contributed by atoms with van der Waals surface area (Å²) in [5, 5.41) is 14.9. The Morgan fingerprint density at radius 1 is 0.776 bits per heavy atom. The Hall–Kier alpha value is -5.88. The van der Waals surface area contributed by atoms with Crippen molar-refractivity contribution in [3.63, 3.8) is 0 Å². The predicted octanol–water partition coefficient (Wildman–Crippen LogP) is 5.39. The number of hydrogen-bond acceptors (Lipinski definition) is 6. The number of likely N-dealkylation sites (N-methyl/N-ethyl adjacent to an activating group) is 2. The average Bonchev–Trinajstić information content (AvgIpc) is 3.11. The molecule has 3 N–H and O–H groups in total. The summed E-state index contributed by atoms with van der Waals surface area (Å²) in [6, 6.07) is 27.7. The van der Waals surface area contributed by atoms with Gasteiger partial charge in [0, 0.05) is 36.2 Å². The summed E-state index contributed by atoms with van der Waals surface area (Å²) in [6.45, 7) is 0.212. The van der Waals surface area contributed by atoms with Crippen LogP contribution in [0.25, 0.3) is 0 Å². The van der Waals surface area contributed by atoms with Crippen molar-refractivity contribution >= 4 is 64.1 Å². The second-order valence-electron chi connectivity index (χ2n) is 11.0. The zero-order chi connectivity index (χ0) is 35.5. The highest BCUT2D eigenvalue weighted by Crippen LogP contribution is 2.29. The van der Waals surface area contributed by atoms with Gasteiger partial charge in [0.05, 0.1) is 18.2 Å². The smallest absolute Gasteiger partial charge is 0.319 e. The van der Waals surface area contributed by atoms with E-state index in [2.05, 4.69) is 10.6 Å². The molecule has 0 aliphatic heterocycles. The van der Waals surface area contributed by atoms with E-state index < -0.39 is 48.7 Å². The van der Waals surface area contributed by atoms with Crippen molar-refractivity contribution in [1.82, 2.24) is 5.32 Å². The van der Waals surface area contributed by atoms with E-state index in [4.69, 9.17) is 16.3 Å². The Labute approximate surface area is 288 Å². The fourth-order valence-corrected chi connectivity index (χ4v) is 4.85. The van der Waals surface area contributed by atoms with Crippen molar-refractivity contribution in [2.75, 3.05) is 53.8 Å². The molecule has 4 aromatic carbocycles. The van der Waals surface area contributed by atoms with Crippen LogP contribution in [0.3, 0.4) is 0 Å². The fraction of sp³-hybridized carbons (Fsp3) is 0.194. The Bertz CT molecular complexity index is 1820. The molecule has 0 heterocycles. The van der Waals surface area contributed by atoms with E-state index >= 15 is 0 Å². The third-order valence-electron chi connectivity index (χ3n) is 7.60. The first-order valence-electron chi connectivity index (χ1n) is 15.2. The van der Waals surface area contributed by atoms with Gasteiger partial charge in [-0.15, -0.1) is 0 Å². The molecule has 1 atom stereocenters. The van der Waals surface area contributed by atoms with Crippen molar-refractivity contribution in [3.8, 4) is 5.75 Å². The third-order valence-corrected chi connectivity index (χ3v) is 7.84. The van der Waals surface area contributed by atoms with Gasteiger partial charge in [0.2, 0.25) is 11.8 Å². The molecule has 5 amide bonds. The molecule has 254 valence electrons. The van der Waals surface area contributed by atoms with Gasteiger partial charge in [0.25, 0.3) is 5.91 Å². The van der Waals surface area contributed by atoms with Crippen molar-refractivity contribution < 1.29 is 33.8 Å². The minimum atomic E-state index is -1.01. The molecule has 12 nitrogen and oxygen atoms in total. The number of urea groups is 1. The van der Waals surface area contributed by atoms with Crippen LogP contribution in [0.5, 0.6) is 5.75 Å². The number of carbonyl (C=O) groups excluding carboxylic acids is 4. The minimum Gasteiger partial charge on any atom is -0.482 e. The van der Waals surface area contributed by atoms with E-state index in [0.29, 0.717) is 27.6 Å². The summed E-state index contributed by atoms with van der Waals surface area (Å²) < 4.78 is 5.90. The number of anilines is 4. The van der Waals surface area contributed by atoms with Crippen molar-refractivity contribution in [1.29, 1.82) is 0 Å². The van der Waals surface area contributed by atoms with Crippen LogP contribution in [-0.4, -0.2) is 68.6 Å². The molecule has 0 aliphatic rings. The predicted molar refractivity (Wildman–Crippen MR) is 189 cm³/mol. The Morgan fingerprint density at radius 3 is 2.14 bits per heavy atom. The van der Waals surface area contributed by atoms with Crippen molar-refractivity contribution in [2.45, 2.75) is 12.8 Å². The second-order valence-corrected chi connectivity index (χ2v) is 11.4. The molecule has 0 radical (unpaired) electrons. The van der Waals surface area contributed by atoms with E-state index in [9.17, 15) is 29.1 Å². The zero-order valence-electron chi connectivity index (χ0n) is 27.1. The van der Waals surface area contributed by atoms with E-state index in [1.54, 1.807) is 105 Å². The topological polar surface area (TPSA) is 149 Å². The number of amides is 5. The lowest BCUT2D eigenvalue weighted by molar-refractivity contribution is -0.138. The minimum absolute atomic E-state index is 0.160. The first-order valence-corrected chi connectivity index (χ1v) is 15.6. The second kappa shape index (κ2) is 16.8. The number of nitrogens with zero attached hydrogens (tertiary/aromatic N) is 3. The Morgan fingerprint density at radius 2 is 1.43 bits per heavy atom. The summed E-state index contributed by atoms with van der Waals surface area (Å²) in [7, 11) is 3.16. The maximum absolute atomic E-state index is 13.7. The lowest BCUT2D eigenvalue weighted by Crippen LogP contribution is -2.46. The van der Waals surface area contributed by atoms with Gasteiger partial charge in [-0.3, -0.25) is 24.1 Å². The molecule has 0 saturated carbocycles. The molecule has 13 heteroatoms. The number of rotatable bonds is 13. The molecule has 0 aliphatic carbocycles. The summed E-state index contributed by atoms with van der Waals surface area (Å²) in [5.74, 6) is -3.11. The number of carboxylic acid groups (broad SMARTS) is 1. The van der Waals surface area contributed by atoms with Gasteiger partial charge in [-0.2, -0.15) is 0 Å². The molecule has 0 aromatic heterocycles. The summed E-state index contributed by atoms with van der Waals surface area (Å²) in [6.07, 6.45) is 0. The average molecular weight is 686 g/mol. The summed E-state index contributed by atoms with van der Waals surface area (Å²) >= 11 is 6.08. The molecular weight excluding hydrogens is 650 g/mol. The number of ether oxygens (including phenoxy) is 1. The normalized spacial score (nSPS) is 11.1. The SMILES string of the molecule is CC(C(=O)O)c1cccc(NC(=O)NCC(=O)N(CC(=O)N(C)c2ccccc2)c2ccccc2OCC(=O)N(C)c2cccc(Cl)c2)c1. The largest absolute Gasteiger partial charge is 0.482 e. The maximum atomic E-state index is 13.7. The van der Waals surface area contributed by atoms with E-state index in [0.717, 1.165) is 0 Å². The number of halogens is 1. The van der Waals surface area contributed by atoms with Crippen LogP contribution in [0.15, 0.2) is 103 Å². The van der Waals surface area contributed by atoms with Gasteiger partial charge >= 0.3 is 12.0 Å². The highest BCUT2D eigenvalue weighted by Gasteiger charge is 2.26. The number of aliphatic carboxylic acids is 1. The van der Waals surface area contributed by atoms with Crippen LogP contribution in [0.2, 0.25) is 5.02 Å². The molecule has 0 spiro atoms. The zero-order valence-corrected chi connectivity index (χ0v) is 27.9. The molecule has 4 rings (SSSR count). The van der Waals surface area contributed by atoms with Gasteiger partial charge in [0.1, 0.15) is 12.3 Å². The quantitative estimate of drug-likeness (QED) is 0.171. The van der Waals surface area contributed by atoms with Crippen LogP contribution in [0.4, 0.5) is 27.5 Å². The van der Waals surface area contributed by atoms with Gasteiger partial charge in [-0.1, -0.05) is 60.1 Å². The van der Waals surface area contributed by atoms with E-state index in [-0.39, 0.29) is 18.0 Å². The number of carbonyl (C=O) groups is 5. The van der Waals surface area contributed by atoms with Crippen LogP contribution < -0.4 is 30.1 Å². The van der Waals surface area contributed by atoms with Crippen molar-refractivity contribution in [2.24, 2.45) is 0 Å². The number of nitrogens with one attached hydrogen (secondary N) is 2. The molecule has 0 fully saturated rings. The lowest BCUT2D eigenvalue weighted by Gasteiger charge is -2.27. The number of benzene rings is 4. The van der Waals surface area contributed by atoms with Crippen LogP contribution in [0.1, 0.15) is 18.4 Å². The molecule has 4 aromatic rings. The van der Waals surface area contributed by atoms with Gasteiger partial charge in [-0.05, 0) is 67.1 Å². The lowest BCUT2D eigenvalue weighted by atomic mass is 10.0. The first-order chi connectivity index (χ1) is 23.4. The highest BCUT2D eigenvalue weighted by atomic mass is 35.5. The molecular formula is C36H36ClN5O7. The monoisotopic (exact) mass is 685 g/mol. The molecule has 0 bridgehead atoms. The van der Waals surface area contributed by atoms with Crippen LogP contribution in [0, 0.1) is 0 Å². The number of para-hydroxylation sites is 3. The molecule has 0 saturated heterocycles. The highest BCUT2D eigenvalue weighted by molar-refractivity contribution is 6.30. The standard InChI is InChI=1S/C36H36ClN5O7/c1-24(35(46)47)25-11-9-13-27(19-25)39-36(48)38-21-32(43)42(22-33(44)40(2)28-14-5-4-6-15-28)30-17-7-8-18-31(30)49-23-34(45)41(3)29-16-10-12-26(37)20-29/h4-20,24H,21-23H2,1-3H3,(H,46,47)(H2,38,39,48). The summed E-state index contributed by atoms with van der Waals surface area (Å²) in [4.78, 5) is 68.4. The Balaban J connectivity index is 1.52. The molecule has 49 heavy (non-hydrogen) atoms. The van der Waals surface area contributed by atoms with Gasteiger partial charge in [-0.25, -0.2) is 4.79 Å². The van der Waals surface area contributed by atoms with Gasteiger partial charge in [0.15, 0.2) is 6.61 Å². The summed E-state index contributed by atoms with van der Waals surface area (Å²) in [5.41, 5.74) is 2.20. The van der Waals surface area contributed by atoms with Crippen LogP contribution >= 0.6 is 11.6 Å². The van der Waals surface area contributed by atoms with Crippen molar-refractivity contribution in [3.05, 3.63) is 114 Å². The molecule has 1 unspecified atom stereocenters. The van der Waals surface area contributed by atoms with E-state index in [1.165, 1.54) is 27.7 Å². The number of hydrogen-bond donors (Lipinski definition) is 3. The number of carboxylic acids is 1.